The van der Waals surface area contributed by atoms with Gasteiger partial charge < -0.3 is 0 Å². The summed E-state index contributed by atoms with van der Waals surface area (Å²) in [6, 6.07) is 4.90. The third kappa shape index (κ3) is 2.95. The number of aromatic nitrogens is 3. The van der Waals surface area contributed by atoms with Gasteiger partial charge in [0.15, 0.2) is 0 Å². The summed E-state index contributed by atoms with van der Waals surface area (Å²) in [6.45, 7) is 0. The smallest absolute Gasteiger partial charge is 0.292 e. The van der Waals surface area contributed by atoms with Crippen molar-refractivity contribution in [2.75, 3.05) is 12.1 Å². The van der Waals surface area contributed by atoms with Gasteiger partial charge in [-0.15, -0.1) is 0 Å². The highest BCUT2D eigenvalue weighted by Gasteiger charge is 2.03. The molecule has 7 nitrogen and oxygen atoms in total. The van der Waals surface area contributed by atoms with Gasteiger partial charge in [0.05, 0.1) is 6.21 Å². The van der Waals surface area contributed by atoms with E-state index in [1.54, 1.807) is 37.8 Å². The van der Waals surface area contributed by atoms with Crippen LogP contribution in [0.4, 0.5) is 5.82 Å². The van der Waals surface area contributed by atoms with Crippen molar-refractivity contribution in [1.29, 1.82) is 0 Å². The lowest BCUT2D eigenvalue weighted by Crippen LogP contribution is -2.33. The maximum absolute atomic E-state index is 11.5. The van der Waals surface area contributed by atoms with E-state index < -0.39 is 5.69 Å². The molecule has 0 saturated carbocycles. The highest BCUT2D eigenvalue weighted by atomic mass is 16.2. The van der Waals surface area contributed by atoms with Gasteiger partial charge in [-0.3, -0.25) is 24.3 Å². The molecule has 0 fully saturated rings. The number of nitrogens with zero attached hydrogens (tertiary/aromatic N) is 4. The van der Waals surface area contributed by atoms with E-state index in [0.29, 0.717) is 5.82 Å². The first kappa shape index (κ1) is 12.7. The molecule has 19 heavy (non-hydrogen) atoms. The zero-order valence-corrected chi connectivity index (χ0v) is 10.6. The van der Waals surface area contributed by atoms with Crippen LogP contribution in [-0.2, 0) is 7.05 Å². The second-order valence-electron chi connectivity index (χ2n) is 3.91. The molecular weight excluding hydrogens is 246 g/mol. The van der Waals surface area contributed by atoms with Crippen LogP contribution in [0.3, 0.4) is 0 Å². The Morgan fingerprint density at radius 3 is 2.68 bits per heavy atom. The Morgan fingerprint density at radius 1 is 1.37 bits per heavy atom. The summed E-state index contributed by atoms with van der Waals surface area (Å²) < 4.78 is 0.990. The van der Waals surface area contributed by atoms with Crippen molar-refractivity contribution >= 4 is 12.0 Å². The summed E-state index contributed by atoms with van der Waals surface area (Å²) in [5.74, 6) is 0.332. The van der Waals surface area contributed by atoms with E-state index in [0.717, 1.165) is 10.1 Å². The van der Waals surface area contributed by atoms with Crippen LogP contribution in [0, 0.1) is 0 Å². The molecule has 98 valence electrons. The molecule has 2 heterocycles. The SMILES string of the molecule is CN(/N=C\c1ccncc1)c1cc(=O)n(C)c(=O)[nH]1. The molecule has 0 amide bonds. The first-order valence-electron chi connectivity index (χ1n) is 5.56. The van der Waals surface area contributed by atoms with Crippen LogP contribution in [-0.4, -0.2) is 27.8 Å². The van der Waals surface area contributed by atoms with E-state index >= 15 is 0 Å². The van der Waals surface area contributed by atoms with Gasteiger partial charge in [0.25, 0.3) is 5.56 Å². The van der Waals surface area contributed by atoms with E-state index in [1.807, 2.05) is 0 Å². The number of rotatable bonds is 3. The van der Waals surface area contributed by atoms with Gasteiger partial charge >= 0.3 is 5.69 Å². The van der Waals surface area contributed by atoms with Crippen LogP contribution < -0.4 is 16.3 Å². The minimum absolute atomic E-state index is 0.332. The van der Waals surface area contributed by atoms with E-state index in [4.69, 9.17) is 0 Å². The molecule has 1 N–H and O–H groups in total. The lowest BCUT2D eigenvalue weighted by Gasteiger charge is -2.12. The molecule has 0 aliphatic heterocycles. The zero-order valence-electron chi connectivity index (χ0n) is 10.6. The number of nitrogens with one attached hydrogen (secondary N) is 1. The minimum atomic E-state index is -0.478. The Labute approximate surface area is 108 Å². The fraction of sp³-hybridized carbons (Fsp3) is 0.167. The van der Waals surface area contributed by atoms with E-state index in [-0.39, 0.29) is 5.56 Å². The third-order valence-corrected chi connectivity index (χ3v) is 2.57. The maximum atomic E-state index is 11.5. The number of hydrazone groups is 1. The van der Waals surface area contributed by atoms with Crippen LogP contribution in [0.2, 0.25) is 0 Å². The number of H-pyrrole nitrogens is 1. The average molecular weight is 259 g/mol. The number of anilines is 1. The number of aromatic amines is 1. The largest absolute Gasteiger partial charge is 0.329 e. The van der Waals surface area contributed by atoms with E-state index in [2.05, 4.69) is 15.1 Å². The molecule has 0 aliphatic carbocycles. The molecule has 2 aromatic rings. The number of hydrogen-bond donors (Lipinski definition) is 1. The first-order chi connectivity index (χ1) is 9.08. The van der Waals surface area contributed by atoms with Gasteiger partial charge in [-0.05, 0) is 17.7 Å². The molecule has 0 radical (unpaired) electrons. The van der Waals surface area contributed by atoms with Crippen LogP contribution in [0.15, 0.2) is 45.3 Å². The monoisotopic (exact) mass is 259 g/mol. The van der Waals surface area contributed by atoms with Crippen molar-refractivity contribution in [3.05, 3.63) is 57.0 Å². The third-order valence-electron chi connectivity index (χ3n) is 2.57. The summed E-state index contributed by atoms with van der Waals surface area (Å²) in [6.07, 6.45) is 4.92. The lowest BCUT2D eigenvalue weighted by molar-refractivity contribution is 0.766. The molecule has 0 atom stereocenters. The molecule has 7 heteroatoms. The van der Waals surface area contributed by atoms with Crippen molar-refractivity contribution < 1.29 is 0 Å². The van der Waals surface area contributed by atoms with Crippen molar-refractivity contribution in [3.8, 4) is 0 Å². The van der Waals surface area contributed by atoms with Crippen molar-refractivity contribution in [2.45, 2.75) is 0 Å². The maximum Gasteiger partial charge on any atom is 0.329 e. The summed E-state index contributed by atoms with van der Waals surface area (Å²) in [5.41, 5.74) is 0.00574. The van der Waals surface area contributed by atoms with E-state index in [1.165, 1.54) is 18.1 Å². The van der Waals surface area contributed by atoms with Crippen LogP contribution in [0.1, 0.15) is 5.56 Å². The Bertz CT molecular complexity index is 671. The quantitative estimate of drug-likeness (QED) is 0.618. The second-order valence-corrected chi connectivity index (χ2v) is 3.91. The average Bonchev–Trinajstić information content (AvgIpc) is 2.42. The minimum Gasteiger partial charge on any atom is -0.292 e. The molecule has 2 aromatic heterocycles. The second kappa shape index (κ2) is 5.30. The fourth-order valence-electron chi connectivity index (χ4n) is 1.38. The standard InChI is InChI=1S/C12H13N5O2/c1-16-11(18)7-10(15-12(16)19)17(2)14-8-9-3-5-13-6-4-9/h3-8H,1-2H3,(H,15,19)/b14-8-. The van der Waals surface area contributed by atoms with Gasteiger partial charge in [-0.1, -0.05) is 0 Å². The lowest BCUT2D eigenvalue weighted by atomic mass is 10.3. The topological polar surface area (TPSA) is 83.3 Å². The Balaban J connectivity index is 2.26. The highest BCUT2D eigenvalue weighted by Crippen LogP contribution is 2.02. The van der Waals surface area contributed by atoms with Gasteiger partial charge in [-0.2, -0.15) is 5.10 Å². The molecule has 0 unspecified atom stereocenters. The van der Waals surface area contributed by atoms with E-state index in [9.17, 15) is 9.59 Å². The molecule has 0 aliphatic rings. The summed E-state index contributed by atoms with van der Waals surface area (Å²) in [4.78, 5) is 29.4. The Hall–Kier alpha value is -2.70. The number of hydrogen-bond acceptors (Lipinski definition) is 5. The molecule has 0 spiro atoms. The van der Waals surface area contributed by atoms with Crippen molar-refractivity contribution in [3.63, 3.8) is 0 Å². The predicted molar refractivity (Wildman–Crippen MR) is 72.5 cm³/mol. The molecule has 0 saturated heterocycles. The fourth-order valence-corrected chi connectivity index (χ4v) is 1.38. The van der Waals surface area contributed by atoms with Gasteiger partial charge in [-0.25, -0.2) is 4.79 Å². The molecular formula is C12H13N5O2. The highest BCUT2D eigenvalue weighted by molar-refractivity contribution is 5.79. The summed E-state index contributed by atoms with van der Waals surface area (Å²) >= 11 is 0. The first-order valence-corrected chi connectivity index (χ1v) is 5.56. The van der Waals surface area contributed by atoms with Gasteiger partial charge in [0.1, 0.15) is 5.82 Å². The number of pyridine rings is 1. The van der Waals surface area contributed by atoms with Crippen molar-refractivity contribution in [1.82, 2.24) is 14.5 Å². The Morgan fingerprint density at radius 2 is 2.05 bits per heavy atom. The summed E-state index contributed by atoms with van der Waals surface area (Å²) in [7, 11) is 3.05. The summed E-state index contributed by atoms with van der Waals surface area (Å²) in [5, 5.41) is 5.56. The Kier molecular flexibility index (Phi) is 3.56. The normalized spacial score (nSPS) is 10.8. The van der Waals surface area contributed by atoms with Crippen LogP contribution >= 0.6 is 0 Å². The molecule has 0 bridgehead atoms. The zero-order chi connectivity index (χ0) is 13.8. The van der Waals surface area contributed by atoms with Gasteiger partial charge in [0.2, 0.25) is 0 Å². The molecule has 2 rings (SSSR count). The van der Waals surface area contributed by atoms with Gasteiger partial charge in [0, 0.05) is 32.6 Å². The molecule has 0 aromatic carbocycles. The predicted octanol–water partition coefficient (Wildman–Crippen LogP) is -0.0611. The van der Waals surface area contributed by atoms with Crippen molar-refractivity contribution in [2.24, 2.45) is 12.1 Å². The van der Waals surface area contributed by atoms with Crippen LogP contribution in [0.5, 0.6) is 0 Å². The van der Waals surface area contributed by atoms with Crippen LogP contribution in [0.25, 0.3) is 0 Å².